The number of imide groups is 1. The third-order valence-corrected chi connectivity index (χ3v) is 6.81. The monoisotopic (exact) mass is 549 g/mol. The van der Waals surface area contributed by atoms with E-state index in [4.69, 9.17) is 5.11 Å². The van der Waals surface area contributed by atoms with Crippen molar-refractivity contribution >= 4 is 61.5 Å². The van der Waals surface area contributed by atoms with Crippen LogP contribution in [0.1, 0.15) is 26.7 Å². The van der Waals surface area contributed by atoms with Crippen LogP contribution in [0.3, 0.4) is 0 Å². The zero-order valence-electron chi connectivity index (χ0n) is 16.4. The van der Waals surface area contributed by atoms with Crippen LogP contribution in [0.2, 0.25) is 0 Å². The summed E-state index contributed by atoms with van der Waals surface area (Å²) in [7, 11) is 0. The van der Waals surface area contributed by atoms with Crippen LogP contribution >= 0.6 is 31.9 Å². The lowest BCUT2D eigenvalue weighted by Gasteiger charge is -2.29. The zero-order valence-corrected chi connectivity index (χ0v) is 19.5. The van der Waals surface area contributed by atoms with Gasteiger partial charge in [0.1, 0.15) is 0 Å². The Hall–Kier alpha value is -2.05. The first-order valence-electron chi connectivity index (χ1n) is 9.04. The molecule has 12 heteroatoms. The van der Waals surface area contributed by atoms with Crippen molar-refractivity contribution in [3.63, 3.8) is 0 Å². The number of hydrogen-bond donors (Lipinski definition) is 2. The van der Waals surface area contributed by atoms with Crippen molar-refractivity contribution < 1.29 is 34.2 Å². The van der Waals surface area contributed by atoms with Crippen molar-refractivity contribution in [3.05, 3.63) is 20.1 Å². The number of aliphatic hydroxyl groups is 1. The third kappa shape index (κ3) is 4.98. The van der Waals surface area contributed by atoms with Crippen LogP contribution in [-0.2, 0) is 24.0 Å². The summed E-state index contributed by atoms with van der Waals surface area (Å²) in [6.07, 6.45) is -1.77. The van der Waals surface area contributed by atoms with Crippen molar-refractivity contribution in [1.82, 2.24) is 14.7 Å². The van der Waals surface area contributed by atoms with E-state index in [2.05, 4.69) is 31.9 Å². The fourth-order valence-corrected chi connectivity index (χ4v) is 3.85. The van der Waals surface area contributed by atoms with E-state index in [0.29, 0.717) is 5.57 Å². The molecule has 10 nitrogen and oxygen atoms in total. The molecule has 0 aromatic heterocycles. The molecule has 2 aliphatic rings. The molecule has 0 spiro atoms. The van der Waals surface area contributed by atoms with Gasteiger partial charge in [-0.05, 0) is 51.3 Å². The topological polar surface area (TPSA) is 136 Å². The molecule has 0 saturated carbocycles. The van der Waals surface area contributed by atoms with E-state index >= 15 is 0 Å². The number of carboxylic acids is 1. The highest BCUT2D eigenvalue weighted by Gasteiger charge is 2.36. The molecule has 0 radical (unpaired) electrons. The van der Waals surface area contributed by atoms with E-state index in [1.807, 2.05) is 0 Å². The smallest absolute Gasteiger partial charge is 0.303 e. The van der Waals surface area contributed by atoms with Gasteiger partial charge in [-0.3, -0.25) is 28.9 Å². The number of halogens is 2. The molecule has 0 aromatic carbocycles. The summed E-state index contributed by atoms with van der Waals surface area (Å²) in [5, 5.41) is 19.0. The van der Waals surface area contributed by atoms with Gasteiger partial charge < -0.3 is 20.0 Å². The summed E-state index contributed by atoms with van der Waals surface area (Å²) in [4.78, 5) is 63.3. The Morgan fingerprint density at radius 3 is 2.03 bits per heavy atom. The maximum absolute atomic E-state index is 12.5. The van der Waals surface area contributed by atoms with E-state index in [9.17, 15) is 29.1 Å². The van der Waals surface area contributed by atoms with E-state index in [1.165, 1.54) is 16.7 Å². The molecule has 0 aliphatic carbocycles. The maximum atomic E-state index is 12.5. The lowest BCUT2D eigenvalue weighted by Crippen LogP contribution is -2.46. The predicted octanol–water partition coefficient (Wildman–Crippen LogP) is 0.547. The van der Waals surface area contributed by atoms with Gasteiger partial charge in [0, 0.05) is 38.2 Å². The highest BCUT2D eigenvalue weighted by atomic mass is 79.9. The summed E-state index contributed by atoms with van der Waals surface area (Å²) in [6, 6.07) is 0. The number of hydrogen-bond acceptors (Lipinski definition) is 6. The van der Waals surface area contributed by atoms with Crippen molar-refractivity contribution in [1.29, 1.82) is 0 Å². The Balaban J connectivity index is 2.05. The van der Waals surface area contributed by atoms with Crippen LogP contribution in [0.4, 0.5) is 0 Å². The van der Waals surface area contributed by atoms with Gasteiger partial charge in [-0.1, -0.05) is 0 Å². The summed E-state index contributed by atoms with van der Waals surface area (Å²) >= 11 is 6.19. The molecule has 2 heterocycles. The summed E-state index contributed by atoms with van der Waals surface area (Å²) in [5.74, 6) is -3.04. The standard InChI is InChI=1S/C18H21Br2N3O7/c1-9-13(19)17(29)22(15(9)27)7-5-21(11(24)3-4-12(25)26)6-8-23-16(28)10(2)14(20)18(23)30/h15,27H,3-8H2,1-2H3,(H,25,26). The van der Waals surface area contributed by atoms with Gasteiger partial charge in [-0.2, -0.15) is 0 Å². The Bertz CT molecular complexity index is 844. The minimum absolute atomic E-state index is 0.00138. The molecule has 0 aromatic rings. The first kappa shape index (κ1) is 24.2. The highest BCUT2D eigenvalue weighted by molar-refractivity contribution is 9.12. The number of carboxylic acid groups (broad SMARTS) is 1. The van der Waals surface area contributed by atoms with Crippen LogP contribution in [0.5, 0.6) is 0 Å². The minimum Gasteiger partial charge on any atom is -0.481 e. The quantitative estimate of drug-likeness (QED) is 0.400. The molecule has 164 valence electrons. The zero-order chi connectivity index (χ0) is 22.7. The SMILES string of the molecule is CC1=C(Br)C(=O)N(CCN(CCN2C(=O)C(Br)=C(C)C2O)C(=O)CCC(=O)O)C1=O. The van der Waals surface area contributed by atoms with E-state index in [1.54, 1.807) is 6.92 Å². The van der Waals surface area contributed by atoms with E-state index in [-0.39, 0.29) is 53.6 Å². The van der Waals surface area contributed by atoms with Crippen LogP contribution < -0.4 is 0 Å². The number of amides is 4. The number of carbonyl (C=O) groups excluding carboxylic acids is 4. The number of rotatable bonds is 9. The van der Waals surface area contributed by atoms with Gasteiger partial charge in [0.05, 0.1) is 15.4 Å². The summed E-state index contributed by atoms with van der Waals surface area (Å²) < 4.78 is 0.409. The summed E-state index contributed by atoms with van der Waals surface area (Å²) in [5.41, 5.74) is 0.712. The molecule has 1 unspecified atom stereocenters. The molecule has 1 atom stereocenters. The highest BCUT2D eigenvalue weighted by Crippen LogP contribution is 2.28. The molecule has 0 bridgehead atoms. The van der Waals surface area contributed by atoms with Crippen LogP contribution in [0.15, 0.2) is 20.1 Å². The normalized spacial score (nSPS) is 19.5. The Morgan fingerprint density at radius 2 is 1.57 bits per heavy atom. The van der Waals surface area contributed by atoms with Crippen molar-refractivity contribution in [2.75, 3.05) is 26.2 Å². The Kier molecular flexibility index (Phi) is 7.94. The van der Waals surface area contributed by atoms with E-state index in [0.717, 1.165) is 4.90 Å². The van der Waals surface area contributed by atoms with Crippen LogP contribution in [0.25, 0.3) is 0 Å². The summed E-state index contributed by atoms with van der Waals surface area (Å²) in [6.45, 7) is 2.98. The Morgan fingerprint density at radius 1 is 0.967 bits per heavy atom. The van der Waals surface area contributed by atoms with Crippen LogP contribution in [-0.4, -0.2) is 86.9 Å². The average molecular weight is 551 g/mol. The second-order valence-electron chi connectivity index (χ2n) is 6.84. The number of nitrogens with zero attached hydrogens (tertiary/aromatic N) is 3. The van der Waals surface area contributed by atoms with E-state index < -0.39 is 35.8 Å². The molecular formula is C18H21Br2N3O7. The molecule has 2 rings (SSSR count). The molecule has 30 heavy (non-hydrogen) atoms. The third-order valence-electron chi connectivity index (χ3n) is 4.92. The molecule has 4 amide bonds. The molecule has 2 N–H and O–H groups in total. The molecule has 0 saturated heterocycles. The lowest BCUT2D eigenvalue weighted by molar-refractivity contribution is -0.142. The maximum Gasteiger partial charge on any atom is 0.303 e. The number of aliphatic hydroxyl groups excluding tert-OH is 1. The number of carbonyl (C=O) groups is 5. The van der Waals surface area contributed by atoms with Crippen LogP contribution in [0, 0.1) is 0 Å². The predicted molar refractivity (Wildman–Crippen MR) is 111 cm³/mol. The molecule has 2 aliphatic heterocycles. The Labute approximate surface area is 189 Å². The minimum atomic E-state index is -1.13. The first-order valence-corrected chi connectivity index (χ1v) is 10.6. The average Bonchev–Trinajstić information content (AvgIpc) is 3.00. The van der Waals surface area contributed by atoms with Gasteiger partial charge in [0.15, 0.2) is 6.23 Å². The van der Waals surface area contributed by atoms with Crippen molar-refractivity contribution in [2.24, 2.45) is 0 Å². The number of aliphatic carboxylic acids is 1. The van der Waals surface area contributed by atoms with Gasteiger partial charge >= 0.3 is 5.97 Å². The molecule has 0 fully saturated rings. The first-order chi connectivity index (χ1) is 14.0. The lowest BCUT2D eigenvalue weighted by atomic mass is 10.2. The second-order valence-corrected chi connectivity index (χ2v) is 8.43. The second kappa shape index (κ2) is 9.84. The fourth-order valence-electron chi connectivity index (χ4n) is 3.03. The van der Waals surface area contributed by atoms with Crippen molar-refractivity contribution in [2.45, 2.75) is 32.9 Å². The van der Waals surface area contributed by atoms with Gasteiger partial charge in [0.25, 0.3) is 17.7 Å². The van der Waals surface area contributed by atoms with Gasteiger partial charge in [-0.15, -0.1) is 0 Å². The molecular weight excluding hydrogens is 530 g/mol. The fraction of sp³-hybridized carbons (Fsp3) is 0.500. The van der Waals surface area contributed by atoms with Gasteiger partial charge in [0.2, 0.25) is 5.91 Å². The largest absolute Gasteiger partial charge is 0.481 e. The van der Waals surface area contributed by atoms with Crippen molar-refractivity contribution in [3.8, 4) is 0 Å². The van der Waals surface area contributed by atoms with Gasteiger partial charge in [-0.25, -0.2) is 0 Å².